The van der Waals surface area contributed by atoms with Crippen LogP contribution in [0.15, 0.2) is 24.3 Å². The lowest BCUT2D eigenvalue weighted by molar-refractivity contribution is 0.282. The molecule has 0 fully saturated rings. The molecule has 108 valence electrons. The maximum atomic E-state index is 11.9. The van der Waals surface area contributed by atoms with Crippen molar-refractivity contribution >= 4 is 10.0 Å². The standard InChI is InChI=1S/C14H23NO3S/c1-12(2)5-4-8-15-19(17,18)11-14-7-3-6-13(9-14)10-16/h3,6-7,9,12,15-16H,4-5,8,10-11H2,1-2H3. The highest BCUT2D eigenvalue weighted by Gasteiger charge is 2.11. The molecule has 0 unspecified atom stereocenters. The van der Waals surface area contributed by atoms with Gasteiger partial charge in [0.2, 0.25) is 10.0 Å². The largest absolute Gasteiger partial charge is 0.392 e. The number of nitrogens with one attached hydrogen (secondary N) is 1. The van der Waals surface area contributed by atoms with E-state index in [1.54, 1.807) is 24.3 Å². The average molecular weight is 285 g/mol. The maximum absolute atomic E-state index is 11.9. The van der Waals surface area contributed by atoms with Crippen LogP contribution in [0.3, 0.4) is 0 Å². The molecular weight excluding hydrogens is 262 g/mol. The average Bonchev–Trinajstić information content (AvgIpc) is 2.34. The lowest BCUT2D eigenvalue weighted by Crippen LogP contribution is -2.26. The Hall–Kier alpha value is -0.910. The molecule has 0 radical (unpaired) electrons. The zero-order chi connectivity index (χ0) is 14.3. The summed E-state index contributed by atoms with van der Waals surface area (Å²) in [6, 6.07) is 7.00. The fraction of sp³-hybridized carbons (Fsp3) is 0.571. The van der Waals surface area contributed by atoms with Crippen LogP contribution in [0.1, 0.15) is 37.8 Å². The molecule has 1 aromatic carbocycles. The first-order valence-corrected chi connectivity index (χ1v) is 8.24. The summed E-state index contributed by atoms with van der Waals surface area (Å²) in [5, 5.41) is 9.02. The van der Waals surface area contributed by atoms with Crippen molar-refractivity contribution in [3.05, 3.63) is 35.4 Å². The normalized spacial score (nSPS) is 12.0. The van der Waals surface area contributed by atoms with Crippen LogP contribution >= 0.6 is 0 Å². The smallest absolute Gasteiger partial charge is 0.215 e. The van der Waals surface area contributed by atoms with Crippen LogP contribution in [-0.4, -0.2) is 20.1 Å². The van der Waals surface area contributed by atoms with Gasteiger partial charge in [-0.05, 0) is 29.9 Å². The van der Waals surface area contributed by atoms with Crippen molar-refractivity contribution in [1.82, 2.24) is 4.72 Å². The van der Waals surface area contributed by atoms with Gasteiger partial charge in [-0.25, -0.2) is 13.1 Å². The Kier molecular flexibility index (Phi) is 6.48. The van der Waals surface area contributed by atoms with Gasteiger partial charge in [0, 0.05) is 6.54 Å². The first-order valence-electron chi connectivity index (χ1n) is 6.59. The van der Waals surface area contributed by atoms with Crippen LogP contribution in [-0.2, 0) is 22.4 Å². The van der Waals surface area contributed by atoms with Crippen LogP contribution in [0.25, 0.3) is 0 Å². The van der Waals surface area contributed by atoms with Gasteiger partial charge in [0.1, 0.15) is 0 Å². The van der Waals surface area contributed by atoms with Crippen LogP contribution in [0.2, 0.25) is 0 Å². The Bertz CT molecular complexity index is 483. The van der Waals surface area contributed by atoms with Crippen molar-refractivity contribution < 1.29 is 13.5 Å². The summed E-state index contributed by atoms with van der Waals surface area (Å²) in [7, 11) is -3.29. The number of rotatable bonds is 8. The van der Waals surface area contributed by atoms with Gasteiger partial charge in [-0.2, -0.15) is 0 Å². The highest BCUT2D eigenvalue weighted by atomic mass is 32.2. The molecule has 0 saturated carbocycles. The molecule has 0 atom stereocenters. The molecule has 0 aromatic heterocycles. The lowest BCUT2D eigenvalue weighted by Gasteiger charge is -2.08. The molecule has 0 saturated heterocycles. The lowest BCUT2D eigenvalue weighted by atomic mass is 10.1. The van der Waals surface area contributed by atoms with E-state index in [2.05, 4.69) is 18.6 Å². The van der Waals surface area contributed by atoms with Crippen LogP contribution in [0.4, 0.5) is 0 Å². The van der Waals surface area contributed by atoms with E-state index in [0.29, 0.717) is 18.0 Å². The Labute approximate surface area is 115 Å². The second kappa shape index (κ2) is 7.62. The zero-order valence-corrected chi connectivity index (χ0v) is 12.4. The van der Waals surface area contributed by atoms with Gasteiger partial charge in [0.15, 0.2) is 0 Å². The van der Waals surface area contributed by atoms with Crippen LogP contribution in [0.5, 0.6) is 0 Å². The van der Waals surface area contributed by atoms with Gasteiger partial charge in [-0.1, -0.05) is 38.1 Å². The third-order valence-electron chi connectivity index (χ3n) is 2.81. The minimum absolute atomic E-state index is 0.0392. The molecule has 5 heteroatoms. The summed E-state index contributed by atoms with van der Waals surface area (Å²) in [6.07, 6.45) is 1.87. The fourth-order valence-electron chi connectivity index (χ4n) is 1.83. The number of aliphatic hydroxyl groups is 1. The topological polar surface area (TPSA) is 66.4 Å². The minimum atomic E-state index is -3.29. The van der Waals surface area contributed by atoms with E-state index in [-0.39, 0.29) is 12.4 Å². The van der Waals surface area contributed by atoms with E-state index in [9.17, 15) is 8.42 Å². The molecule has 1 rings (SSSR count). The molecule has 19 heavy (non-hydrogen) atoms. The number of sulfonamides is 1. The van der Waals surface area contributed by atoms with Gasteiger partial charge >= 0.3 is 0 Å². The van der Waals surface area contributed by atoms with E-state index in [1.165, 1.54) is 0 Å². The van der Waals surface area contributed by atoms with Crippen molar-refractivity contribution in [3.63, 3.8) is 0 Å². The minimum Gasteiger partial charge on any atom is -0.392 e. The summed E-state index contributed by atoms with van der Waals surface area (Å²) in [5.41, 5.74) is 1.43. The second-order valence-corrected chi connectivity index (χ2v) is 6.97. The van der Waals surface area contributed by atoms with Gasteiger partial charge in [0.25, 0.3) is 0 Å². The summed E-state index contributed by atoms with van der Waals surface area (Å²) in [4.78, 5) is 0. The number of benzene rings is 1. The molecule has 4 nitrogen and oxygen atoms in total. The van der Waals surface area contributed by atoms with Gasteiger partial charge in [-0.3, -0.25) is 0 Å². The molecule has 2 N–H and O–H groups in total. The Morgan fingerprint density at radius 2 is 1.95 bits per heavy atom. The third kappa shape index (κ3) is 6.71. The van der Waals surface area contributed by atoms with E-state index in [0.717, 1.165) is 18.4 Å². The molecule has 0 aliphatic rings. The predicted molar refractivity (Wildman–Crippen MR) is 77.1 cm³/mol. The van der Waals surface area contributed by atoms with Crippen molar-refractivity contribution in [2.45, 2.75) is 39.0 Å². The molecule has 0 aliphatic heterocycles. The molecule has 0 aliphatic carbocycles. The third-order valence-corrected chi connectivity index (χ3v) is 4.17. The van der Waals surface area contributed by atoms with Crippen molar-refractivity contribution in [2.24, 2.45) is 5.92 Å². The van der Waals surface area contributed by atoms with Crippen molar-refractivity contribution in [3.8, 4) is 0 Å². The van der Waals surface area contributed by atoms with Crippen molar-refractivity contribution in [2.75, 3.05) is 6.54 Å². The van der Waals surface area contributed by atoms with E-state index in [1.807, 2.05) is 0 Å². The predicted octanol–water partition coefficient (Wildman–Crippen LogP) is 2.03. The summed E-state index contributed by atoms with van der Waals surface area (Å²) in [5.74, 6) is 0.549. The van der Waals surface area contributed by atoms with E-state index in [4.69, 9.17) is 5.11 Å². The monoisotopic (exact) mass is 285 g/mol. The summed E-state index contributed by atoms with van der Waals surface area (Å²) >= 11 is 0. The molecule has 1 aromatic rings. The SMILES string of the molecule is CC(C)CCCNS(=O)(=O)Cc1cccc(CO)c1. The fourth-order valence-corrected chi connectivity index (χ4v) is 3.00. The Morgan fingerprint density at radius 1 is 1.26 bits per heavy atom. The van der Waals surface area contributed by atoms with Crippen molar-refractivity contribution in [1.29, 1.82) is 0 Å². The number of hydrogen-bond acceptors (Lipinski definition) is 3. The number of hydrogen-bond donors (Lipinski definition) is 2. The van der Waals surface area contributed by atoms with Gasteiger partial charge in [-0.15, -0.1) is 0 Å². The highest BCUT2D eigenvalue weighted by Crippen LogP contribution is 2.09. The second-order valence-electron chi connectivity index (χ2n) is 5.17. The molecule has 0 spiro atoms. The molecule has 0 amide bonds. The first-order chi connectivity index (χ1) is 8.93. The summed E-state index contributed by atoms with van der Waals surface area (Å²) < 4.78 is 26.4. The Morgan fingerprint density at radius 3 is 2.58 bits per heavy atom. The Balaban J connectivity index is 2.49. The van der Waals surface area contributed by atoms with Crippen LogP contribution in [0, 0.1) is 5.92 Å². The van der Waals surface area contributed by atoms with E-state index < -0.39 is 10.0 Å². The summed E-state index contributed by atoms with van der Waals surface area (Å²) in [6.45, 7) is 4.65. The zero-order valence-electron chi connectivity index (χ0n) is 11.6. The number of aliphatic hydroxyl groups excluding tert-OH is 1. The quantitative estimate of drug-likeness (QED) is 0.718. The molecule has 0 bridgehead atoms. The van der Waals surface area contributed by atoms with Gasteiger partial charge in [0.05, 0.1) is 12.4 Å². The van der Waals surface area contributed by atoms with Crippen LogP contribution < -0.4 is 4.72 Å². The van der Waals surface area contributed by atoms with E-state index >= 15 is 0 Å². The highest BCUT2D eigenvalue weighted by molar-refractivity contribution is 7.88. The molecule has 0 heterocycles. The van der Waals surface area contributed by atoms with Gasteiger partial charge < -0.3 is 5.11 Å². The molecular formula is C14H23NO3S. The first kappa shape index (κ1) is 16.1. The maximum Gasteiger partial charge on any atom is 0.215 e.